The third-order valence-corrected chi connectivity index (χ3v) is 33.4. The van der Waals surface area contributed by atoms with E-state index in [2.05, 4.69) is 53.6 Å². The van der Waals surface area contributed by atoms with Gasteiger partial charge in [0.25, 0.3) is 0 Å². The van der Waals surface area contributed by atoms with Crippen molar-refractivity contribution in [3.8, 4) is 0 Å². The molecule has 0 saturated carbocycles. The average molecular weight is 334 g/mol. The molecule has 0 aliphatic heterocycles. The van der Waals surface area contributed by atoms with Crippen LogP contribution < -0.4 is 0 Å². The number of hydrogen-bond acceptors (Lipinski definition) is 0. The van der Waals surface area contributed by atoms with E-state index in [9.17, 15) is 0 Å². The van der Waals surface area contributed by atoms with Gasteiger partial charge < -0.3 is 0 Å². The molecule has 0 amide bonds. The van der Waals surface area contributed by atoms with Gasteiger partial charge in [0.05, 0.1) is 0 Å². The minimum atomic E-state index is 0.136. The molecule has 0 fully saturated rings. The first-order chi connectivity index (χ1) is 4.95. The van der Waals surface area contributed by atoms with Crippen molar-refractivity contribution in [3.63, 3.8) is 0 Å². The highest BCUT2D eigenvalue weighted by Crippen LogP contribution is 2.98. The third kappa shape index (κ3) is 8.20. The molecule has 11 heteroatoms. The van der Waals surface area contributed by atoms with E-state index in [0.29, 0.717) is 0 Å². The van der Waals surface area contributed by atoms with Crippen LogP contribution in [0.2, 0.25) is 0 Å². The first-order valence-electron chi connectivity index (χ1n) is 2.58. The zero-order valence-electron chi connectivity index (χ0n) is 5.96. The van der Waals surface area contributed by atoms with Gasteiger partial charge in [0, 0.05) is 0 Å². The molecular weight excluding hydrogens is 321 g/mol. The molecule has 0 heterocycles. The maximum Gasteiger partial charge on any atom is 0.203 e. The molecule has 0 saturated heterocycles. The monoisotopic (exact) mass is 334 g/mol. The molecule has 0 nitrogen and oxygen atoms in total. The number of rotatable bonds is 4. The molecule has 0 rings (SSSR count). The van der Waals surface area contributed by atoms with Crippen LogP contribution in [0.5, 0.6) is 0 Å². The SMILES string of the molecule is PP(P)BP(P(P)P)P(P)P. The second-order valence-electron chi connectivity index (χ2n) is 1.79. The van der Waals surface area contributed by atoms with E-state index in [-0.39, 0.29) is 28.3 Å². The lowest BCUT2D eigenvalue weighted by Crippen LogP contribution is -1.67. The molecule has 0 aliphatic carbocycles. The van der Waals surface area contributed by atoms with Crippen molar-refractivity contribution < 1.29 is 0 Å². The lowest BCUT2D eigenvalue weighted by Gasteiger charge is -2.25. The molecule has 0 aromatic heterocycles. The van der Waals surface area contributed by atoms with Crippen molar-refractivity contribution in [2.75, 3.05) is 0 Å². The van der Waals surface area contributed by atoms with Gasteiger partial charge in [-0.2, -0.15) is 0 Å². The fraction of sp³-hybridized carbons (Fsp3) is 0. The van der Waals surface area contributed by atoms with Gasteiger partial charge in [-0.1, -0.05) is 7.18 Å². The third-order valence-electron chi connectivity index (χ3n) is 0.823. The van der Waals surface area contributed by atoms with Gasteiger partial charge in [0.2, 0.25) is 6.72 Å². The Morgan fingerprint density at radius 1 is 0.727 bits per heavy atom. The summed E-state index contributed by atoms with van der Waals surface area (Å²) < 4.78 is 0. The summed E-state index contributed by atoms with van der Waals surface area (Å²) in [5.74, 6) is 0. The standard InChI is InChI=1S/BH13P10/c2-8(3)1-9(10(4)5)11(6)7/h1H,2-7H2. The Morgan fingerprint density at radius 3 is 1.18 bits per heavy atom. The second-order valence-corrected chi connectivity index (χ2v) is 34.1. The molecule has 6 atom stereocenters. The average Bonchev–Trinajstić information content (AvgIpc) is 1.81. The Bertz CT molecular complexity index is 87.0. The molecule has 0 radical (unpaired) electrons. The molecule has 0 spiro atoms. The molecule has 0 N–H and O–H groups in total. The van der Waals surface area contributed by atoms with Crippen molar-refractivity contribution in [2.45, 2.75) is 0 Å². The normalized spacial score (nSPS) is 12.2. The van der Waals surface area contributed by atoms with Gasteiger partial charge in [-0.05, 0) is 14.0 Å². The Morgan fingerprint density at radius 2 is 1.09 bits per heavy atom. The van der Waals surface area contributed by atoms with E-state index in [1.54, 1.807) is 0 Å². The topological polar surface area (TPSA) is 0 Å². The van der Waals surface area contributed by atoms with Crippen LogP contribution in [0, 0.1) is 0 Å². The van der Waals surface area contributed by atoms with E-state index < -0.39 is 0 Å². The van der Waals surface area contributed by atoms with Crippen molar-refractivity contribution in [2.24, 2.45) is 0 Å². The second kappa shape index (κ2) is 8.51. The van der Waals surface area contributed by atoms with Gasteiger partial charge in [-0.3, -0.25) is 0 Å². The molecule has 0 aromatic carbocycles. The van der Waals surface area contributed by atoms with Crippen molar-refractivity contribution in [1.82, 2.24) is 0 Å². The molecule has 11 heavy (non-hydrogen) atoms. The molecule has 6 unspecified atom stereocenters. The molecule has 66 valence electrons. The van der Waals surface area contributed by atoms with E-state index >= 15 is 0 Å². The van der Waals surface area contributed by atoms with Crippen LogP contribution in [-0.4, -0.2) is 6.72 Å². The lowest BCUT2D eigenvalue weighted by atomic mass is 10.7. The lowest BCUT2D eigenvalue weighted by molar-refractivity contribution is 4.42. The Kier molecular flexibility index (Phi) is 11.9. The summed E-state index contributed by atoms with van der Waals surface area (Å²) in [6, 6.07) is 0. The van der Waals surface area contributed by atoms with Crippen molar-refractivity contribution in [3.05, 3.63) is 0 Å². The van der Waals surface area contributed by atoms with E-state index in [0.717, 1.165) is 0 Å². The Balaban J connectivity index is 3.90. The quantitative estimate of drug-likeness (QED) is 0.514. The van der Waals surface area contributed by atoms with Crippen molar-refractivity contribution in [1.29, 1.82) is 0 Å². The van der Waals surface area contributed by atoms with Crippen LogP contribution in [0.3, 0.4) is 0 Å². The zero-order chi connectivity index (χ0) is 9.02. The van der Waals surface area contributed by atoms with Crippen molar-refractivity contribution >= 4 is 88.6 Å². The molecule has 0 aliphatic rings. The summed E-state index contributed by atoms with van der Waals surface area (Å²) in [6.45, 7) is 1.69. The summed E-state index contributed by atoms with van der Waals surface area (Å²) in [7, 11) is 18.1. The highest BCUT2D eigenvalue weighted by Gasteiger charge is 2.19. The van der Waals surface area contributed by atoms with Crippen LogP contribution in [0.1, 0.15) is 0 Å². The van der Waals surface area contributed by atoms with Gasteiger partial charge in [0.15, 0.2) is 0 Å². The predicted molar refractivity (Wildman–Crippen MR) is 93.1 cm³/mol. The molecule has 0 aromatic rings. The Labute approximate surface area is 88.4 Å². The summed E-state index contributed by atoms with van der Waals surface area (Å²) in [4.78, 5) is 0. The van der Waals surface area contributed by atoms with Crippen LogP contribution in [-0.2, 0) is 0 Å². The molecular formula is H13BP10. The van der Waals surface area contributed by atoms with E-state index in [4.69, 9.17) is 0 Å². The van der Waals surface area contributed by atoms with E-state index in [1.165, 1.54) is 6.72 Å². The summed E-state index contributed by atoms with van der Waals surface area (Å²) in [5.41, 5.74) is 0. The van der Waals surface area contributed by atoms with Crippen LogP contribution >= 0.6 is 81.9 Å². The van der Waals surface area contributed by atoms with Gasteiger partial charge in [-0.15, -0.1) is 60.7 Å². The Hall–Kier alpha value is 4.36. The highest BCUT2D eigenvalue weighted by molar-refractivity contribution is 9.04. The van der Waals surface area contributed by atoms with E-state index in [1.807, 2.05) is 0 Å². The van der Waals surface area contributed by atoms with Gasteiger partial charge in [-0.25, -0.2) is 0 Å². The van der Waals surface area contributed by atoms with Crippen LogP contribution in [0.4, 0.5) is 0 Å². The minimum absolute atomic E-state index is 0.136. The highest BCUT2D eigenvalue weighted by atomic mass is 33.0. The maximum absolute atomic E-state index is 2.97. The van der Waals surface area contributed by atoms with Crippen LogP contribution in [0.15, 0.2) is 0 Å². The molecule has 0 bridgehead atoms. The first kappa shape index (κ1) is 15.4. The van der Waals surface area contributed by atoms with Gasteiger partial charge >= 0.3 is 0 Å². The van der Waals surface area contributed by atoms with Crippen LogP contribution in [0.25, 0.3) is 0 Å². The summed E-state index contributed by atoms with van der Waals surface area (Å²) in [6.07, 6.45) is 0. The fourth-order valence-electron chi connectivity index (χ4n) is 0.411. The van der Waals surface area contributed by atoms with Gasteiger partial charge in [0.1, 0.15) is 0 Å². The predicted octanol–water partition coefficient (Wildman–Crippen LogP) is 4.75. The first-order valence-corrected chi connectivity index (χ1v) is 19.4. The fourth-order valence-corrected chi connectivity index (χ4v) is 52.6. The largest absolute Gasteiger partial charge is 0.203 e. The number of hydrogen-bond donors (Lipinski definition) is 0. The maximum atomic E-state index is 2.97. The smallest absolute Gasteiger partial charge is 0.116 e. The minimum Gasteiger partial charge on any atom is -0.116 e. The summed E-state index contributed by atoms with van der Waals surface area (Å²) in [5, 5.41) is 0. The summed E-state index contributed by atoms with van der Waals surface area (Å²) >= 11 is 0. The zero-order valence-corrected chi connectivity index (χ0v) is 16.5.